The van der Waals surface area contributed by atoms with Crippen LogP contribution in [0.5, 0.6) is 0 Å². The molecule has 2 aromatic carbocycles. The van der Waals surface area contributed by atoms with E-state index in [4.69, 9.17) is 0 Å². The average molecular weight is 475 g/mol. The van der Waals surface area contributed by atoms with E-state index >= 15 is 0 Å². The normalized spacial score (nSPS) is 13.2. The number of carbonyl (C=O) groups is 2. The first-order valence-corrected chi connectivity index (χ1v) is 12.4. The van der Waals surface area contributed by atoms with E-state index in [1.807, 2.05) is 66.6 Å². The van der Waals surface area contributed by atoms with Crippen molar-refractivity contribution in [2.24, 2.45) is 0 Å². The number of anilines is 2. The number of amides is 2. The molecule has 0 spiro atoms. The maximum Gasteiger partial charge on any atom is 0.269 e. The van der Waals surface area contributed by atoms with Crippen molar-refractivity contribution in [2.75, 3.05) is 10.2 Å². The van der Waals surface area contributed by atoms with E-state index < -0.39 is 0 Å². The number of nitrogens with one attached hydrogen (secondary N) is 1. The highest BCUT2D eigenvalue weighted by atomic mass is 32.1. The Morgan fingerprint density at radius 3 is 2.67 bits per heavy atom. The van der Waals surface area contributed by atoms with Crippen LogP contribution < -0.4 is 10.2 Å². The zero-order valence-electron chi connectivity index (χ0n) is 18.3. The maximum absolute atomic E-state index is 12.6. The third-order valence-corrected chi connectivity index (χ3v) is 7.42. The molecule has 4 aromatic rings. The van der Waals surface area contributed by atoms with Gasteiger partial charge in [-0.3, -0.25) is 14.9 Å². The summed E-state index contributed by atoms with van der Waals surface area (Å²) >= 11 is 2.78. The standard InChI is InChI=1S/C25H22N4O2S2/c1-15-23(33-16(2)26-15)24(31)28-25-27-20(14-32-25)18-8-10-21-19(12-18)9-11-22(30)29(21)13-17-6-4-3-5-7-17/h3-8,10,12,14H,9,11,13H2,1-2H3,(H,27,28,31). The van der Waals surface area contributed by atoms with Gasteiger partial charge in [0.15, 0.2) is 5.13 Å². The van der Waals surface area contributed by atoms with Gasteiger partial charge in [0.25, 0.3) is 5.91 Å². The molecule has 2 aromatic heterocycles. The molecule has 5 rings (SSSR count). The van der Waals surface area contributed by atoms with Crippen LogP contribution >= 0.6 is 22.7 Å². The average Bonchev–Trinajstić information content (AvgIpc) is 3.41. The lowest BCUT2D eigenvalue weighted by molar-refractivity contribution is -0.119. The number of fused-ring (bicyclic) bond motifs is 1. The van der Waals surface area contributed by atoms with Crippen molar-refractivity contribution in [1.29, 1.82) is 0 Å². The summed E-state index contributed by atoms with van der Waals surface area (Å²) in [6.45, 7) is 4.29. The first-order chi connectivity index (χ1) is 16.0. The number of aryl methyl sites for hydroxylation is 3. The van der Waals surface area contributed by atoms with Crippen molar-refractivity contribution in [3.05, 3.63) is 80.6 Å². The summed E-state index contributed by atoms with van der Waals surface area (Å²) in [6.07, 6.45) is 1.21. The van der Waals surface area contributed by atoms with Gasteiger partial charge in [-0.15, -0.1) is 22.7 Å². The van der Waals surface area contributed by atoms with Gasteiger partial charge >= 0.3 is 0 Å². The summed E-state index contributed by atoms with van der Waals surface area (Å²) in [5.74, 6) is -0.0362. The van der Waals surface area contributed by atoms with Crippen LogP contribution in [0.15, 0.2) is 53.9 Å². The molecule has 6 nitrogen and oxygen atoms in total. The number of nitrogens with zero attached hydrogens (tertiary/aromatic N) is 3. The Morgan fingerprint density at radius 2 is 1.91 bits per heavy atom. The van der Waals surface area contributed by atoms with E-state index in [2.05, 4.69) is 21.4 Å². The van der Waals surface area contributed by atoms with Gasteiger partial charge < -0.3 is 4.90 Å². The van der Waals surface area contributed by atoms with Crippen molar-refractivity contribution in [1.82, 2.24) is 9.97 Å². The fourth-order valence-electron chi connectivity index (χ4n) is 4.02. The summed E-state index contributed by atoms with van der Waals surface area (Å²) in [7, 11) is 0. The van der Waals surface area contributed by atoms with E-state index in [1.165, 1.54) is 22.7 Å². The van der Waals surface area contributed by atoms with E-state index in [0.717, 1.165) is 38.8 Å². The Bertz CT molecular complexity index is 1340. The van der Waals surface area contributed by atoms with Crippen molar-refractivity contribution >= 4 is 45.3 Å². The van der Waals surface area contributed by atoms with Crippen molar-refractivity contribution < 1.29 is 9.59 Å². The molecule has 0 unspecified atom stereocenters. The molecule has 166 valence electrons. The minimum absolute atomic E-state index is 0.145. The molecule has 0 radical (unpaired) electrons. The minimum Gasteiger partial charge on any atom is -0.308 e. The van der Waals surface area contributed by atoms with Gasteiger partial charge in [0.2, 0.25) is 5.91 Å². The maximum atomic E-state index is 12.6. The quantitative estimate of drug-likeness (QED) is 0.408. The van der Waals surface area contributed by atoms with E-state index in [-0.39, 0.29) is 11.8 Å². The summed E-state index contributed by atoms with van der Waals surface area (Å²) in [5, 5.41) is 6.25. The fraction of sp³-hybridized carbons (Fsp3) is 0.200. The number of hydrogen-bond acceptors (Lipinski definition) is 6. The lowest BCUT2D eigenvalue weighted by Crippen LogP contribution is -2.34. The highest BCUT2D eigenvalue weighted by Crippen LogP contribution is 2.34. The largest absolute Gasteiger partial charge is 0.308 e. The molecule has 1 N–H and O–H groups in total. The summed E-state index contributed by atoms with van der Waals surface area (Å²) in [5.41, 5.74) is 5.72. The van der Waals surface area contributed by atoms with Crippen LogP contribution in [0.25, 0.3) is 11.3 Å². The molecule has 0 saturated heterocycles. The Labute approximate surface area is 200 Å². The lowest BCUT2D eigenvalue weighted by Gasteiger charge is -2.30. The molecule has 1 aliphatic heterocycles. The highest BCUT2D eigenvalue weighted by Gasteiger charge is 2.25. The molecule has 0 atom stereocenters. The van der Waals surface area contributed by atoms with Gasteiger partial charge in [-0.1, -0.05) is 36.4 Å². The highest BCUT2D eigenvalue weighted by molar-refractivity contribution is 7.15. The molecule has 1 aliphatic rings. The minimum atomic E-state index is -0.181. The SMILES string of the molecule is Cc1nc(C)c(C(=O)Nc2nc(-c3ccc4c(c3)CCC(=O)N4Cc3ccccc3)cs2)s1. The summed E-state index contributed by atoms with van der Waals surface area (Å²) in [6, 6.07) is 16.1. The molecule has 8 heteroatoms. The van der Waals surface area contributed by atoms with Gasteiger partial charge in [0.1, 0.15) is 4.88 Å². The monoisotopic (exact) mass is 474 g/mol. The lowest BCUT2D eigenvalue weighted by atomic mass is 9.97. The van der Waals surface area contributed by atoms with Crippen molar-refractivity contribution in [3.8, 4) is 11.3 Å². The number of rotatable bonds is 5. The zero-order valence-corrected chi connectivity index (χ0v) is 19.9. The predicted octanol–water partition coefficient (Wildman–Crippen LogP) is 5.62. The van der Waals surface area contributed by atoms with Crippen molar-refractivity contribution in [2.45, 2.75) is 33.2 Å². The third-order valence-electron chi connectivity index (χ3n) is 5.59. The molecule has 0 aliphatic carbocycles. The molecule has 0 saturated carbocycles. The fourth-order valence-corrected chi connectivity index (χ4v) is 5.55. The number of carbonyl (C=O) groups excluding carboxylic acids is 2. The van der Waals surface area contributed by atoms with Crippen LogP contribution in [0.1, 0.15) is 37.9 Å². The summed E-state index contributed by atoms with van der Waals surface area (Å²) < 4.78 is 0. The van der Waals surface area contributed by atoms with Gasteiger partial charge in [-0.25, -0.2) is 9.97 Å². The second-order valence-corrected chi connectivity index (χ2v) is 10.0. The number of aromatic nitrogens is 2. The first-order valence-electron chi connectivity index (χ1n) is 10.7. The van der Waals surface area contributed by atoms with E-state index in [0.29, 0.717) is 29.4 Å². The van der Waals surface area contributed by atoms with Crippen LogP contribution in [0.2, 0.25) is 0 Å². The molecule has 3 heterocycles. The van der Waals surface area contributed by atoms with Crippen molar-refractivity contribution in [3.63, 3.8) is 0 Å². The molecule has 0 fully saturated rings. The molecular formula is C25H22N4O2S2. The molecule has 33 heavy (non-hydrogen) atoms. The number of hydrogen-bond donors (Lipinski definition) is 1. The topological polar surface area (TPSA) is 75.2 Å². The van der Waals surface area contributed by atoms with Crippen LogP contribution in [0, 0.1) is 13.8 Å². The van der Waals surface area contributed by atoms with Crippen LogP contribution in [-0.4, -0.2) is 21.8 Å². The van der Waals surface area contributed by atoms with Gasteiger partial charge in [-0.2, -0.15) is 0 Å². The van der Waals surface area contributed by atoms with Gasteiger partial charge in [0.05, 0.1) is 22.9 Å². The number of thiazole rings is 2. The van der Waals surface area contributed by atoms with Crippen LogP contribution in [-0.2, 0) is 17.8 Å². The molecular weight excluding hydrogens is 452 g/mol. The summed E-state index contributed by atoms with van der Waals surface area (Å²) in [4.78, 5) is 36.6. The second-order valence-electron chi connectivity index (χ2n) is 7.95. The number of benzene rings is 2. The predicted molar refractivity (Wildman–Crippen MR) is 133 cm³/mol. The first kappa shape index (κ1) is 21.5. The Kier molecular flexibility index (Phi) is 5.78. The third kappa shape index (κ3) is 4.44. The van der Waals surface area contributed by atoms with E-state index in [9.17, 15) is 9.59 Å². The Balaban J connectivity index is 1.36. The van der Waals surface area contributed by atoms with Crippen LogP contribution in [0.3, 0.4) is 0 Å². The molecule has 2 amide bonds. The Hall–Kier alpha value is -3.36. The van der Waals surface area contributed by atoms with E-state index in [1.54, 1.807) is 0 Å². The van der Waals surface area contributed by atoms with Gasteiger partial charge in [0, 0.05) is 23.1 Å². The van der Waals surface area contributed by atoms with Gasteiger partial charge in [-0.05, 0) is 43.5 Å². The zero-order chi connectivity index (χ0) is 22.9. The molecule has 0 bridgehead atoms. The smallest absolute Gasteiger partial charge is 0.269 e. The Morgan fingerprint density at radius 1 is 1.09 bits per heavy atom. The second kappa shape index (κ2) is 8.88. The van der Waals surface area contributed by atoms with Crippen LogP contribution in [0.4, 0.5) is 10.8 Å².